The first-order chi connectivity index (χ1) is 11.4. The van der Waals surface area contributed by atoms with Crippen molar-refractivity contribution in [1.82, 2.24) is 5.32 Å². The van der Waals surface area contributed by atoms with Crippen LogP contribution in [0, 0.1) is 5.92 Å². The molecule has 2 aromatic rings. The Bertz CT molecular complexity index is 858. The monoisotopic (exact) mass is 363 g/mol. The molecule has 1 aliphatic rings. The molecule has 6 heteroatoms. The molecule has 1 N–H and O–H groups in total. The summed E-state index contributed by atoms with van der Waals surface area (Å²) in [6, 6.07) is 13.5. The number of sulfone groups is 1. The number of halogens is 1. The van der Waals surface area contributed by atoms with E-state index in [1.807, 2.05) is 12.1 Å². The van der Waals surface area contributed by atoms with Gasteiger partial charge in [0.15, 0.2) is 9.84 Å². The number of rotatable bonds is 5. The molecule has 24 heavy (non-hydrogen) atoms. The summed E-state index contributed by atoms with van der Waals surface area (Å²) < 4.78 is 23.8. The van der Waals surface area contributed by atoms with Gasteiger partial charge in [-0.1, -0.05) is 35.9 Å². The van der Waals surface area contributed by atoms with E-state index in [0.29, 0.717) is 10.9 Å². The molecule has 2 aromatic carbocycles. The molecule has 1 amide bonds. The predicted molar refractivity (Wildman–Crippen MR) is 93.9 cm³/mol. The number of amides is 1. The summed E-state index contributed by atoms with van der Waals surface area (Å²) in [6.07, 6.45) is 3.19. The lowest BCUT2D eigenvalue weighted by molar-refractivity contribution is 0.0928. The zero-order chi connectivity index (χ0) is 17.3. The third-order valence-electron chi connectivity index (χ3n) is 4.14. The largest absolute Gasteiger partial charge is 0.345 e. The molecule has 0 spiro atoms. The predicted octanol–water partition coefficient (Wildman–Crippen LogP) is 3.62. The van der Waals surface area contributed by atoms with Crippen molar-refractivity contribution in [2.24, 2.45) is 5.92 Å². The summed E-state index contributed by atoms with van der Waals surface area (Å²) in [7, 11) is -3.47. The summed E-state index contributed by atoms with van der Waals surface area (Å²) in [5.74, 6) is 0.00314. The Hall–Kier alpha value is -1.85. The molecular weight excluding hydrogens is 346 g/mol. The van der Waals surface area contributed by atoms with Gasteiger partial charge in [-0.15, -0.1) is 0 Å². The topological polar surface area (TPSA) is 63.2 Å². The van der Waals surface area contributed by atoms with Gasteiger partial charge in [0, 0.05) is 11.3 Å². The summed E-state index contributed by atoms with van der Waals surface area (Å²) in [5.41, 5.74) is 1.16. The summed E-state index contributed by atoms with van der Waals surface area (Å²) >= 11 is 5.93. The molecule has 0 radical (unpaired) electrons. The average Bonchev–Trinajstić information content (AvgIpc) is 3.37. The molecule has 126 valence electrons. The molecule has 1 unspecified atom stereocenters. The minimum Gasteiger partial charge on any atom is -0.345 e. The smallest absolute Gasteiger partial charge is 0.253 e. The molecular formula is C18H18ClNO3S. The number of nitrogens with one attached hydrogen (secondary N) is 1. The normalized spacial score (nSPS) is 15.8. The second-order valence-corrected chi connectivity index (χ2v) is 8.53. The van der Waals surface area contributed by atoms with Gasteiger partial charge in [0.2, 0.25) is 0 Å². The number of hydrogen-bond acceptors (Lipinski definition) is 3. The van der Waals surface area contributed by atoms with Crippen molar-refractivity contribution in [3.63, 3.8) is 0 Å². The maximum absolute atomic E-state index is 12.7. The zero-order valence-corrected chi connectivity index (χ0v) is 14.8. The van der Waals surface area contributed by atoms with Crippen LogP contribution in [0.15, 0.2) is 53.4 Å². The van der Waals surface area contributed by atoms with Crippen LogP contribution in [0.1, 0.15) is 34.8 Å². The molecule has 4 nitrogen and oxygen atoms in total. The Balaban J connectivity index is 1.89. The van der Waals surface area contributed by atoms with Crippen LogP contribution >= 0.6 is 11.6 Å². The van der Waals surface area contributed by atoms with Crippen molar-refractivity contribution >= 4 is 27.3 Å². The lowest BCUT2D eigenvalue weighted by Crippen LogP contribution is -2.30. The van der Waals surface area contributed by atoms with E-state index in [-0.39, 0.29) is 22.4 Å². The van der Waals surface area contributed by atoms with E-state index < -0.39 is 9.84 Å². The van der Waals surface area contributed by atoms with Gasteiger partial charge in [0.1, 0.15) is 0 Å². The van der Waals surface area contributed by atoms with Crippen molar-refractivity contribution in [1.29, 1.82) is 0 Å². The lowest BCUT2D eigenvalue weighted by Gasteiger charge is -2.20. The zero-order valence-electron chi connectivity index (χ0n) is 13.2. The first-order valence-corrected chi connectivity index (χ1v) is 9.98. The first-order valence-electron chi connectivity index (χ1n) is 7.71. The van der Waals surface area contributed by atoms with Crippen molar-refractivity contribution in [2.75, 3.05) is 6.26 Å². The molecule has 0 heterocycles. The maximum atomic E-state index is 12.7. The number of carbonyl (C=O) groups is 1. The summed E-state index contributed by atoms with van der Waals surface area (Å²) in [6.45, 7) is 0. The standard InChI is InChI=1S/C18H18ClNO3S/c1-24(22,23)16-5-3-2-4-15(16)18(21)20-17(12-6-7-12)13-8-10-14(19)11-9-13/h2-5,8-12,17H,6-7H2,1H3,(H,20,21). The molecule has 1 atom stereocenters. The second kappa shape index (κ2) is 6.57. The third-order valence-corrected chi connectivity index (χ3v) is 5.55. The third kappa shape index (κ3) is 3.79. The van der Waals surface area contributed by atoms with Gasteiger partial charge in [0.25, 0.3) is 5.91 Å². The van der Waals surface area contributed by atoms with E-state index in [0.717, 1.165) is 24.7 Å². The van der Waals surface area contributed by atoms with Gasteiger partial charge >= 0.3 is 0 Å². The fraction of sp³-hybridized carbons (Fsp3) is 0.278. The minimum absolute atomic E-state index is 0.0492. The van der Waals surface area contributed by atoms with Crippen molar-refractivity contribution in [3.05, 3.63) is 64.7 Å². The van der Waals surface area contributed by atoms with Crippen LogP contribution in [0.3, 0.4) is 0 Å². The second-order valence-electron chi connectivity index (χ2n) is 6.11. The van der Waals surface area contributed by atoms with Crippen molar-refractivity contribution < 1.29 is 13.2 Å². The highest BCUT2D eigenvalue weighted by molar-refractivity contribution is 7.90. The number of carbonyl (C=O) groups excluding carboxylic acids is 1. The Labute approximate surface area is 146 Å². The van der Waals surface area contributed by atoms with E-state index >= 15 is 0 Å². The molecule has 0 aliphatic heterocycles. The Morgan fingerprint density at radius 1 is 1.12 bits per heavy atom. The van der Waals surface area contributed by atoms with Crippen LogP contribution in [-0.4, -0.2) is 20.6 Å². The number of hydrogen-bond donors (Lipinski definition) is 1. The van der Waals surface area contributed by atoms with Crippen LogP contribution in [0.4, 0.5) is 0 Å². The molecule has 1 aliphatic carbocycles. The van der Waals surface area contributed by atoms with Crippen LogP contribution in [0.5, 0.6) is 0 Å². The molecule has 0 bridgehead atoms. The highest BCUT2D eigenvalue weighted by atomic mass is 35.5. The van der Waals surface area contributed by atoms with Crippen molar-refractivity contribution in [3.8, 4) is 0 Å². The fourth-order valence-corrected chi connectivity index (χ4v) is 3.78. The van der Waals surface area contributed by atoms with E-state index in [2.05, 4.69) is 5.32 Å². The van der Waals surface area contributed by atoms with Gasteiger partial charge < -0.3 is 5.32 Å². The van der Waals surface area contributed by atoms with E-state index in [4.69, 9.17) is 11.6 Å². The highest BCUT2D eigenvalue weighted by Gasteiger charge is 2.34. The van der Waals surface area contributed by atoms with Crippen LogP contribution in [0.25, 0.3) is 0 Å². The quantitative estimate of drug-likeness (QED) is 0.882. The molecule has 0 aromatic heterocycles. The Kier molecular flexibility index (Phi) is 4.65. The SMILES string of the molecule is CS(=O)(=O)c1ccccc1C(=O)NC(c1ccc(Cl)cc1)C1CC1. The Morgan fingerprint density at radius 3 is 2.33 bits per heavy atom. The van der Waals surface area contributed by atoms with Gasteiger partial charge in [-0.2, -0.15) is 0 Å². The van der Waals surface area contributed by atoms with Gasteiger partial charge in [-0.3, -0.25) is 4.79 Å². The lowest BCUT2D eigenvalue weighted by atomic mass is 10.0. The van der Waals surface area contributed by atoms with E-state index in [9.17, 15) is 13.2 Å². The average molecular weight is 364 g/mol. The van der Waals surface area contributed by atoms with Gasteiger partial charge in [0.05, 0.1) is 16.5 Å². The van der Waals surface area contributed by atoms with Crippen LogP contribution < -0.4 is 5.32 Å². The van der Waals surface area contributed by atoms with E-state index in [1.54, 1.807) is 24.3 Å². The van der Waals surface area contributed by atoms with E-state index in [1.165, 1.54) is 12.1 Å². The number of benzene rings is 2. The highest BCUT2D eigenvalue weighted by Crippen LogP contribution is 2.41. The van der Waals surface area contributed by atoms with Crippen molar-refractivity contribution in [2.45, 2.75) is 23.8 Å². The van der Waals surface area contributed by atoms with Crippen LogP contribution in [-0.2, 0) is 9.84 Å². The molecule has 1 fully saturated rings. The Morgan fingerprint density at radius 2 is 1.75 bits per heavy atom. The fourth-order valence-electron chi connectivity index (χ4n) is 2.77. The molecule has 3 rings (SSSR count). The summed E-state index contributed by atoms with van der Waals surface area (Å²) in [4.78, 5) is 12.7. The molecule has 1 saturated carbocycles. The van der Waals surface area contributed by atoms with Gasteiger partial charge in [-0.25, -0.2) is 8.42 Å². The molecule has 0 saturated heterocycles. The first kappa shape index (κ1) is 17.0. The minimum atomic E-state index is -3.47. The summed E-state index contributed by atoms with van der Waals surface area (Å²) in [5, 5.41) is 3.64. The van der Waals surface area contributed by atoms with Gasteiger partial charge in [-0.05, 0) is 48.6 Å². The maximum Gasteiger partial charge on any atom is 0.253 e. The van der Waals surface area contributed by atoms with Crippen LogP contribution in [0.2, 0.25) is 5.02 Å².